The molecule has 2 aromatic heterocycles. The molecule has 11 heteroatoms. The third-order valence-corrected chi connectivity index (χ3v) is 8.47. The molecule has 6 rings (SSSR count). The van der Waals surface area contributed by atoms with Crippen LogP contribution in [0.1, 0.15) is 15.2 Å². The molecule has 0 radical (unpaired) electrons. The van der Waals surface area contributed by atoms with Crippen LogP contribution in [0.25, 0.3) is 10.9 Å². The number of ketones is 2. The first kappa shape index (κ1) is 28.0. The molecule has 2 unspecified atom stereocenters. The minimum absolute atomic E-state index is 0.234. The van der Waals surface area contributed by atoms with Crippen molar-refractivity contribution in [3.63, 3.8) is 0 Å². The van der Waals surface area contributed by atoms with Gasteiger partial charge >= 0.3 is 0 Å². The highest BCUT2D eigenvalue weighted by molar-refractivity contribution is 7.12. The molecule has 2 fully saturated rings. The molecule has 1 aliphatic heterocycles. The molecule has 3 heterocycles. The van der Waals surface area contributed by atoms with Gasteiger partial charge in [0.25, 0.3) is 5.91 Å². The van der Waals surface area contributed by atoms with Crippen LogP contribution in [0.2, 0.25) is 0 Å². The number of aromatic nitrogens is 1. The number of carbonyl (C=O) groups excluding carboxylic acids is 3. The predicted molar refractivity (Wildman–Crippen MR) is 164 cm³/mol. The van der Waals surface area contributed by atoms with E-state index < -0.39 is 23.7 Å². The number of fused-ring (bicyclic) bond motifs is 1. The smallest absolute Gasteiger partial charge is 0.267 e. The molecule has 1 saturated carbocycles. The first-order chi connectivity index (χ1) is 20.6. The van der Waals surface area contributed by atoms with Gasteiger partial charge in [-0.05, 0) is 47.3 Å². The number of benzene rings is 2. The number of Topliss-reactive ketones (excluding diaryl/α,β-unsaturated/α-hetero) is 2. The Bertz CT molecular complexity index is 1600. The van der Waals surface area contributed by atoms with Crippen molar-refractivity contribution >= 4 is 56.8 Å². The third-order valence-electron chi connectivity index (χ3n) is 7.56. The first-order valence-electron chi connectivity index (χ1n) is 14.0. The van der Waals surface area contributed by atoms with Crippen molar-refractivity contribution in [1.82, 2.24) is 15.2 Å². The zero-order valence-electron chi connectivity index (χ0n) is 23.0. The van der Waals surface area contributed by atoms with Gasteiger partial charge in [-0.3, -0.25) is 24.3 Å². The lowest BCUT2D eigenvalue weighted by molar-refractivity contribution is -0.145. The van der Waals surface area contributed by atoms with Crippen molar-refractivity contribution in [2.45, 2.75) is 18.6 Å². The number of pyridine rings is 1. The van der Waals surface area contributed by atoms with E-state index in [1.54, 1.807) is 24.4 Å². The molecule has 1 aliphatic carbocycles. The zero-order valence-corrected chi connectivity index (χ0v) is 23.8. The number of ether oxygens (including phenoxy) is 1. The maximum Gasteiger partial charge on any atom is 0.267 e. The summed E-state index contributed by atoms with van der Waals surface area (Å²) in [5.74, 6) is -1.08. The van der Waals surface area contributed by atoms with Gasteiger partial charge in [0.05, 0.1) is 24.4 Å². The van der Waals surface area contributed by atoms with Crippen LogP contribution in [0, 0.1) is 0 Å². The molecule has 0 spiro atoms. The van der Waals surface area contributed by atoms with Gasteiger partial charge in [0.1, 0.15) is 17.0 Å². The molecule has 0 bridgehead atoms. The molecule has 4 aromatic rings. The number of hydrogen-bond acceptors (Lipinski definition) is 10. The maximum atomic E-state index is 13.2. The standard InChI is InChI=1S/C31H32N6O4S/c38-28-26(33-11-12-37-13-15-41-16-14-37)27(29(28)39)35-21-4-3-5-22(18-21)36-31(40)30-25(9-17-42-30)34-19-20-8-10-32-24-7-2-1-6-23(20)24/h1-10,17-18,26-27,33-35H,11-16,19H2,(H,36,40). The topological polar surface area (TPSA) is 125 Å². The highest BCUT2D eigenvalue weighted by Crippen LogP contribution is 2.27. The quantitative estimate of drug-likeness (QED) is 0.196. The van der Waals surface area contributed by atoms with E-state index in [-0.39, 0.29) is 5.91 Å². The summed E-state index contributed by atoms with van der Waals surface area (Å²) >= 11 is 1.36. The number of amides is 1. The van der Waals surface area contributed by atoms with Crippen LogP contribution >= 0.6 is 11.3 Å². The molecule has 2 aromatic carbocycles. The van der Waals surface area contributed by atoms with E-state index in [0.717, 1.165) is 41.8 Å². The van der Waals surface area contributed by atoms with Gasteiger partial charge < -0.3 is 26.0 Å². The number of morpholine rings is 1. The summed E-state index contributed by atoms with van der Waals surface area (Å²) in [6, 6.07) is 17.8. The summed E-state index contributed by atoms with van der Waals surface area (Å²) in [7, 11) is 0. The van der Waals surface area contributed by atoms with Gasteiger partial charge in [0, 0.05) is 55.7 Å². The lowest BCUT2D eigenvalue weighted by Gasteiger charge is -2.36. The largest absolute Gasteiger partial charge is 0.380 e. The zero-order chi connectivity index (χ0) is 28.9. The Balaban J connectivity index is 1.05. The molecular weight excluding hydrogens is 552 g/mol. The second-order valence-corrected chi connectivity index (χ2v) is 11.2. The summed E-state index contributed by atoms with van der Waals surface area (Å²) in [6.45, 7) is 5.10. The minimum atomic E-state index is -0.648. The Labute approximate surface area is 247 Å². The molecule has 2 atom stereocenters. The average Bonchev–Trinajstić information content (AvgIpc) is 3.51. The van der Waals surface area contributed by atoms with Crippen molar-refractivity contribution in [2.24, 2.45) is 0 Å². The van der Waals surface area contributed by atoms with Crippen LogP contribution in [-0.4, -0.2) is 78.8 Å². The maximum absolute atomic E-state index is 13.2. The normalized spacial score (nSPS) is 19.0. The molecule has 4 N–H and O–H groups in total. The van der Waals surface area contributed by atoms with E-state index in [1.807, 2.05) is 47.8 Å². The summed E-state index contributed by atoms with van der Waals surface area (Å²) in [4.78, 5) is 45.1. The number of rotatable bonds is 11. The number of nitrogens with one attached hydrogen (secondary N) is 4. The van der Waals surface area contributed by atoms with Gasteiger partial charge in [-0.2, -0.15) is 0 Å². The van der Waals surface area contributed by atoms with Gasteiger partial charge in [-0.15, -0.1) is 11.3 Å². The molecule has 1 saturated heterocycles. The summed E-state index contributed by atoms with van der Waals surface area (Å²) in [6.07, 6.45) is 1.79. The lowest BCUT2D eigenvalue weighted by Crippen LogP contribution is -2.67. The monoisotopic (exact) mass is 584 g/mol. The lowest BCUT2D eigenvalue weighted by atomic mass is 9.82. The van der Waals surface area contributed by atoms with Gasteiger partial charge in [-0.1, -0.05) is 24.3 Å². The Morgan fingerprint density at radius 2 is 1.79 bits per heavy atom. The van der Waals surface area contributed by atoms with E-state index >= 15 is 0 Å². The van der Waals surface area contributed by atoms with E-state index in [2.05, 4.69) is 31.2 Å². The Morgan fingerprint density at radius 3 is 2.67 bits per heavy atom. The molecule has 42 heavy (non-hydrogen) atoms. The van der Waals surface area contributed by atoms with Crippen LogP contribution in [-0.2, 0) is 20.9 Å². The highest BCUT2D eigenvalue weighted by Gasteiger charge is 2.48. The highest BCUT2D eigenvalue weighted by atomic mass is 32.1. The summed E-state index contributed by atoms with van der Waals surface area (Å²) in [5.41, 5.74) is 4.00. The predicted octanol–water partition coefficient (Wildman–Crippen LogP) is 3.38. The third kappa shape index (κ3) is 6.19. The minimum Gasteiger partial charge on any atom is -0.380 e. The Morgan fingerprint density at radius 1 is 0.976 bits per heavy atom. The Kier molecular flexibility index (Phi) is 8.52. The fourth-order valence-corrected chi connectivity index (χ4v) is 6.02. The number of anilines is 3. The van der Waals surface area contributed by atoms with Gasteiger partial charge in [0.2, 0.25) is 11.6 Å². The second kappa shape index (κ2) is 12.8. The van der Waals surface area contributed by atoms with Crippen molar-refractivity contribution in [1.29, 1.82) is 0 Å². The van der Waals surface area contributed by atoms with Crippen LogP contribution in [0.15, 0.2) is 72.2 Å². The van der Waals surface area contributed by atoms with Gasteiger partial charge in [-0.25, -0.2) is 0 Å². The van der Waals surface area contributed by atoms with Gasteiger partial charge in [0.15, 0.2) is 0 Å². The molecular formula is C31H32N6O4S. The van der Waals surface area contributed by atoms with Crippen molar-refractivity contribution in [3.05, 3.63) is 82.7 Å². The van der Waals surface area contributed by atoms with Crippen molar-refractivity contribution in [2.75, 3.05) is 55.3 Å². The van der Waals surface area contributed by atoms with E-state index in [1.165, 1.54) is 11.3 Å². The molecule has 10 nitrogen and oxygen atoms in total. The average molecular weight is 585 g/mol. The fraction of sp³-hybridized carbons (Fsp3) is 0.290. The molecule has 2 aliphatic rings. The van der Waals surface area contributed by atoms with Crippen LogP contribution in [0.4, 0.5) is 17.1 Å². The number of para-hydroxylation sites is 1. The second-order valence-electron chi connectivity index (χ2n) is 10.3. The van der Waals surface area contributed by atoms with Crippen LogP contribution in [0.5, 0.6) is 0 Å². The van der Waals surface area contributed by atoms with Crippen molar-refractivity contribution in [3.8, 4) is 0 Å². The molecule has 1 amide bonds. The Hall–Kier alpha value is -4.16. The van der Waals surface area contributed by atoms with Crippen LogP contribution < -0.4 is 21.3 Å². The van der Waals surface area contributed by atoms with Crippen LogP contribution in [0.3, 0.4) is 0 Å². The first-order valence-corrected chi connectivity index (χ1v) is 14.9. The SMILES string of the molecule is O=C(Nc1cccc(NC2C(=O)C(=O)C2NCCN2CCOCC2)c1)c1sccc1NCc1ccnc2ccccc12. The number of nitrogens with zero attached hydrogens (tertiary/aromatic N) is 2. The summed E-state index contributed by atoms with van der Waals surface area (Å²) < 4.78 is 5.37. The van der Waals surface area contributed by atoms with E-state index in [4.69, 9.17) is 4.74 Å². The fourth-order valence-electron chi connectivity index (χ4n) is 5.25. The summed E-state index contributed by atoms with van der Waals surface area (Å²) in [5, 5.41) is 15.7. The molecule has 216 valence electrons. The number of hydrogen-bond donors (Lipinski definition) is 4. The van der Waals surface area contributed by atoms with Crippen molar-refractivity contribution < 1.29 is 19.1 Å². The number of thiophene rings is 1. The van der Waals surface area contributed by atoms with E-state index in [0.29, 0.717) is 42.6 Å². The number of carbonyl (C=O) groups is 3. The van der Waals surface area contributed by atoms with E-state index in [9.17, 15) is 14.4 Å².